The number of piperidine rings is 1. The minimum absolute atomic E-state index is 0.145. The fourth-order valence-corrected chi connectivity index (χ4v) is 3.51. The summed E-state index contributed by atoms with van der Waals surface area (Å²) in [5.41, 5.74) is 7.63. The van der Waals surface area contributed by atoms with Crippen molar-refractivity contribution in [3.05, 3.63) is 17.7 Å². The minimum Gasteiger partial charge on any atom is -0.315 e. The quantitative estimate of drug-likeness (QED) is 0.873. The molecule has 2 aliphatic heterocycles. The molecule has 1 aromatic heterocycles. The van der Waals surface area contributed by atoms with Gasteiger partial charge in [0, 0.05) is 11.9 Å². The molecule has 0 spiro atoms. The van der Waals surface area contributed by atoms with Crippen LogP contribution in [0.2, 0.25) is 0 Å². The summed E-state index contributed by atoms with van der Waals surface area (Å²) in [6.07, 6.45) is 9.51. The molecule has 2 N–H and O–H groups in total. The number of nitrogens with two attached hydrogens (primary N) is 1. The summed E-state index contributed by atoms with van der Waals surface area (Å²) in [5.74, 6) is 1.22. The Kier molecular flexibility index (Phi) is 3.39. The molecule has 2 aliphatic rings. The van der Waals surface area contributed by atoms with Crippen molar-refractivity contribution >= 4 is 0 Å². The lowest BCUT2D eigenvalue weighted by molar-refractivity contribution is 0.143. The van der Waals surface area contributed by atoms with E-state index < -0.39 is 0 Å². The number of nitrogens with zero attached hydrogens (tertiary/aromatic N) is 3. The van der Waals surface area contributed by atoms with E-state index in [4.69, 9.17) is 10.7 Å². The molecule has 0 saturated carbocycles. The van der Waals surface area contributed by atoms with Crippen LogP contribution < -0.4 is 5.73 Å². The van der Waals surface area contributed by atoms with E-state index in [1.54, 1.807) is 0 Å². The van der Waals surface area contributed by atoms with Crippen LogP contribution in [0.3, 0.4) is 0 Å². The lowest BCUT2D eigenvalue weighted by atomic mass is 10.0. The first-order chi connectivity index (χ1) is 8.81. The van der Waals surface area contributed by atoms with Crippen molar-refractivity contribution in [1.29, 1.82) is 0 Å². The van der Waals surface area contributed by atoms with Gasteiger partial charge in [-0.15, -0.1) is 0 Å². The number of hydrogen-bond donors (Lipinski definition) is 1. The standard InChI is InChI=1S/C14H24N4/c1-2-17-9-4-3-7-12(17)14-16-10-11-6-5-8-13(15)18(11)14/h10,12-13H,2-9,15H2,1H3. The minimum atomic E-state index is 0.145. The third kappa shape index (κ3) is 1.97. The Labute approximate surface area is 109 Å². The first-order valence-corrected chi connectivity index (χ1v) is 7.37. The van der Waals surface area contributed by atoms with Gasteiger partial charge in [-0.05, 0) is 45.2 Å². The Bertz CT molecular complexity index is 412. The van der Waals surface area contributed by atoms with E-state index in [2.05, 4.69) is 22.6 Å². The zero-order valence-electron chi connectivity index (χ0n) is 11.3. The largest absolute Gasteiger partial charge is 0.315 e. The number of rotatable bonds is 2. The number of imidazole rings is 1. The van der Waals surface area contributed by atoms with Gasteiger partial charge >= 0.3 is 0 Å². The van der Waals surface area contributed by atoms with E-state index in [1.807, 2.05) is 0 Å². The van der Waals surface area contributed by atoms with Gasteiger partial charge in [0.05, 0.1) is 12.2 Å². The van der Waals surface area contributed by atoms with E-state index in [0.29, 0.717) is 6.04 Å². The lowest BCUT2D eigenvalue weighted by Gasteiger charge is -2.36. The highest BCUT2D eigenvalue weighted by Crippen LogP contribution is 2.33. The summed E-state index contributed by atoms with van der Waals surface area (Å²) in [7, 11) is 0. The number of fused-ring (bicyclic) bond motifs is 1. The van der Waals surface area contributed by atoms with Gasteiger partial charge in [0.2, 0.25) is 0 Å². The molecule has 1 saturated heterocycles. The summed E-state index contributed by atoms with van der Waals surface area (Å²) < 4.78 is 2.32. The number of hydrogen-bond acceptors (Lipinski definition) is 3. The van der Waals surface area contributed by atoms with E-state index in [-0.39, 0.29) is 6.17 Å². The predicted molar refractivity (Wildman–Crippen MR) is 72.2 cm³/mol. The number of aryl methyl sites for hydroxylation is 1. The van der Waals surface area contributed by atoms with E-state index >= 15 is 0 Å². The molecule has 0 radical (unpaired) electrons. The maximum absolute atomic E-state index is 6.29. The average molecular weight is 248 g/mol. The molecule has 0 aromatic carbocycles. The second-order valence-corrected chi connectivity index (χ2v) is 5.58. The smallest absolute Gasteiger partial charge is 0.127 e. The molecule has 4 heteroatoms. The van der Waals surface area contributed by atoms with Gasteiger partial charge < -0.3 is 10.3 Å². The summed E-state index contributed by atoms with van der Waals surface area (Å²) >= 11 is 0. The van der Waals surface area contributed by atoms with E-state index in [9.17, 15) is 0 Å². The fourth-order valence-electron chi connectivity index (χ4n) is 3.51. The second kappa shape index (κ2) is 5.02. The van der Waals surface area contributed by atoms with Gasteiger partial charge in [0.1, 0.15) is 5.82 Å². The maximum Gasteiger partial charge on any atom is 0.127 e. The Hall–Kier alpha value is -0.870. The van der Waals surface area contributed by atoms with Crippen LogP contribution in [0.15, 0.2) is 6.20 Å². The average Bonchev–Trinajstić information content (AvgIpc) is 2.84. The zero-order chi connectivity index (χ0) is 12.5. The number of likely N-dealkylation sites (tertiary alicyclic amines) is 1. The molecule has 18 heavy (non-hydrogen) atoms. The molecule has 3 rings (SSSR count). The van der Waals surface area contributed by atoms with Gasteiger partial charge in [0.15, 0.2) is 0 Å². The van der Waals surface area contributed by atoms with Crippen LogP contribution in [0.1, 0.15) is 62.8 Å². The van der Waals surface area contributed by atoms with Crippen molar-refractivity contribution in [2.45, 2.75) is 57.7 Å². The molecule has 2 atom stereocenters. The molecular formula is C14H24N4. The Balaban J connectivity index is 1.93. The Morgan fingerprint density at radius 3 is 3.06 bits per heavy atom. The van der Waals surface area contributed by atoms with Gasteiger partial charge in [-0.2, -0.15) is 0 Å². The second-order valence-electron chi connectivity index (χ2n) is 5.58. The first kappa shape index (κ1) is 12.2. The van der Waals surface area contributed by atoms with Crippen LogP contribution >= 0.6 is 0 Å². The topological polar surface area (TPSA) is 47.1 Å². The highest BCUT2D eigenvalue weighted by Gasteiger charge is 2.30. The van der Waals surface area contributed by atoms with Crippen LogP contribution in [-0.4, -0.2) is 27.5 Å². The highest BCUT2D eigenvalue weighted by molar-refractivity contribution is 5.13. The van der Waals surface area contributed by atoms with Crippen LogP contribution in [0.5, 0.6) is 0 Å². The lowest BCUT2D eigenvalue weighted by Crippen LogP contribution is -2.37. The highest BCUT2D eigenvalue weighted by atomic mass is 15.2. The fraction of sp³-hybridized carbons (Fsp3) is 0.786. The van der Waals surface area contributed by atoms with Crippen LogP contribution in [0.4, 0.5) is 0 Å². The summed E-state index contributed by atoms with van der Waals surface area (Å²) in [5, 5.41) is 0. The van der Waals surface area contributed by atoms with Gasteiger partial charge in [-0.25, -0.2) is 4.98 Å². The SMILES string of the molecule is CCN1CCCCC1c1ncc2n1C(N)CCC2. The van der Waals surface area contributed by atoms with Crippen molar-refractivity contribution < 1.29 is 0 Å². The maximum atomic E-state index is 6.29. The molecule has 0 bridgehead atoms. The molecule has 1 aromatic rings. The van der Waals surface area contributed by atoms with Crippen LogP contribution in [-0.2, 0) is 6.42 Å². The number of aromatic nitrogens is 2. The molecule has 100 valence electrons. The molecule has 3 heterocycles. The summed E-state index contributed by atoms with van der Waals surface area (Å²) in [6.45, 7) is 4.57. The van der Waals surface area contributed by atoms with Gasteiger partial charge in [-0.3, -0.25) is 4.90 Å². The Morgan fingerprint density at radius 2 is 2.22 bits per heavy atom. The summed E-state index contributed by atoms with van der Waals surface area (Å²) in [6, 6.07) is 0.488. The zero-order valence-corrected chi connectivity index (χ0v) is 11.3. The van der Waals surface area contributed by atoms with Crippen molar-refractivity contribution in [2.24, 2.45) is 5.73 Å². The molecular weight excluding hydrogens is 224 g/mol. The van der Waals surface area contributed by atoms with Gasteiger partial charge in [-0.1, -0.05) is 13.3 Å². The van der Waals surface area contributed by atoms with Gasteiger partial charge in [0.25, 0.3) is 0 Å². The van der Waals surface area contributed by atoms with Crippen molar-refractivity contribution in [3.63, 3.8) is 0 Å². The third-order valence-electron chi connectivity index (χ3n) is 4.48. The van der Waals surface area contributed by atoms with Crippen molar-refractivity contribution in [1.82, 2.24) is 14.5 Å². The third-order valence-corrected chi connectivity index (χ3v) is 4.48. The van der Waals surface area contributed by atoms with E-state index in [0.717, 1.165) is 19.4 Å². The molecule has 0 aliphatic carbocycles. The molecule has 1 fully saturated rings. The van der Waals surface area contributed by atoms with Crippen molar-refractivity contribution in [3.8, 4) is 0 Å². The van der Waals surface area contributed by atoms with Crippen molar-refractivity contribution in [2.75, 3.05) is 13.1 Å². The normalized spacial score (nSPS) is 29.2. The molecule has 0 amide bonds. The Morgan fingerprint density at radius 1 is 1.33 bits per heavy atom. The monoisotopic (exact) mass is 248 g/mol. The summed E-state index contributed by atoms with van der Waals surface area (Å²) in [4.78, 5) is 7.27. The van der Waals surface area contributed by atoms with E-state index in [1.165, 1.54) is 43.7 Å². The van der Waals surface area contributed by atoms with Crippen LogP contribution in [0.25, 0.3) is 0 Å². The predicted octanol–water partition coefficient (Wildman–Crippen LogP) is 2.22. The molecule has 4 nitrogen and oxygen atoms in total. The first-order valence-electron chi connectivity index (χ1n) is 7.37. The molecule has 2 unspecified atom stereocenters. The van der Waals surface area contributed by atoms with Crippen LogP contribution in [0, 0.1) is 0 Å².